The summed E-state index contributed by atoms with van der Waals surface area (Å²) in [7, 11) is 0. The van der Waals surface area contributed by atoms with Gasteiger partial charge in [0.1, 0.15) is 17.0 Å². The van der Waals surface area contributed by atoms with Crippen LogP contribution in [-0.2, 0) is 0 Å². The Labute approximate surface area is 245 Å². The highest BCUT2D eigenvalue weighted by molar-refractivity contribution is 6.17. The van der Waals surface area contributed by atoms with Crippen molar-refractivity contribution in [2.45, 2.75) is 0 Å². The van der Waals surface area contributed by atoms with Crippen LogP contribution < -0.4 is 5.56 Å². The fraction of sp³-hybridized carbons (Fsp3) is 0. The van der Waals surface area contributed by atoms with Crippen LogP contribution in [0.25, 0.3) is 77.4 Å². The molecule has 0 saturated heterocycles. The summed E-state index contributed by atoms with van der Waals surface area (Å²) in [6.45, 7) is 0. The van der Waals surface area contributed by atoms with Crippen molar-refractivity contribution in [3.05, 3.63) is 150 Å². The van der Waals surface area contributed by atoms with Crippen molar-refractivity contribution in [1.29, 1.82) is 0 Å². The maximum atomic E-state index is 14.1. The Balaban J connectivity index is 1.34. The second-order valence-electron chi connectivity index (χ2n) is 10.8. The van der Waals surface area contributed by atoms with Crippen molar-refractivity contribution in [3.8, 4) is 22.8 Å². The summed E-state index contributed by atoms with van der Waals surface area (Å²) in [5.41, 5.74) is 6.98. The molecule has 43 heavy (non-hydrogen) atoms. The van der Waals surface area contributed by atoms with E-state index < -0.39 is 0 Å². The van der Waals surface area contributed by atoms with E-state index in [9.17, 15) is 4.79 Å². The van der Waals surface area contributed by atoms with E-state index in [0.29, 0.717) is 16.7 Å². The third kappa shape index (κ3) is 3.52. The molecule has 0 radical (unpaired) electrons. The zero-order valence-corrected chi connectivity index (χ0v) is 22.9. The topological polar surface area (TPSA) is 53.0 Å². The van der Waals surface area contributed by atoms with Gasteiger partial charge in [-0.05, 0) is 48.5 Å². The third-order valence-electron chi connectivity index (χ3n) is 8.32. The number of hydrogen-bond donors (Lipinski definition) is 0. The number of rotatable bonds is 3. The van der Waals surface area contributed by atoms with Gasteiger partial charge >= 0.3 is 0 Å². The normalized spacial score (nSPS) is 11.8. The molecule has 202 valence electrons. The number of hydrogen-bond acceptors (Lipinski definition) is 3. The van der Waals surface area contributed by atoms with Gasteiger partial charge in [-0.3, -0.25) is 9.36 Å². The molecule has 0 aliphatic carbocycles. The van der Waals surface area contributed by atoms with Gasteiger partial charge < -0.3 is 8.98 Å². The molecule has 0 unspecified atom stereocenters. The fourth-order valence-corrected chi connectivity index (χ4v) is 6.39. The van der Waals surface area contributed by atoms with Gasteiger partial charge in [0, 0.05) is 38.9 Å². The first-order valence-corrected chi connectivity index (χ1v) is 14.3. The van der Waals surface area contributed by atoms with Gasteiger partial charge in [0.15, 0.2) is 0 Å². The molecule has 0 aliphatic heterocycles. The number of aromatic nitrogens is 3. The summed E-state index contributed by atoms with van der Waals surface area (Å²) in [6.07, 6.45) is 0. The summed E-state index contributed by atoms with van der Waals surface area (Å²) < 4.78 is 10.3. The van der Waals surface area contributed by atoms with Crippen molar-refractivity contribution < 1.29 is 4.42 Å². The zero-order chi connectivity index (χ0) is 28.5. The highest BCUT2D eigenvalue weighted by Crippen LogP contribution is 2.38. The van der Waals surface area contributed by atoms with Crippen LogP contribution in [0.5, 0.6) is 0 Å². The van der Waals surface area contributed by atoms with Gasteiger partial charge in [-0.2, -0.15) is 0 Å². The second-order valence-corrected chi connectivity index (χ2v) is 10.8. The second kappa shape index (κ2) is 9.03. The molecule has 5 nitrogen and oxygen atoms in total. The van der Waals surface area contributed by atoms with E-state index in [-0.39, 0.29) is 5.56 Å². The van der Waals surface area contributed by atoms with E-state index in [1.54, 1.807) is 4.57 Å². The van der Waals surface area contributed by atoms with Crippen molar-refractivity contribution in [2.24, 2.45) is 0 Å². The lowest BCUT2D eigenvalue weighted by Gasteiger charge is -2.16. The predicted molar refractivity (Wildman–Crippen MR) is 174 cm³/mol. The molecule has 0 spiro atoms. The number of fused-ring (bicyclic) bond motifs is 7. The Kier molecular flexibility index (Phi) is 4.98. The zero-order valence-electron chi connectivity index (χ0n) is 22.9. The molecule has 9 aromatic rings. The largest absolute Gasteiger partial charge is 0.456 e. The van der Waals surface area contributed by atoms with Crippen LogP contribution >= 0.6 is 0 Å². The van der Waals surface area contributed by atoms with Gasteiger partial charge in [0.05, 0.1) is 27.6 Å². The molecule has 6 aromatic carbocycles. The van der Waals surface area contributed by atoms with Crippen LogP contribution in [-0.4, -0.2) is 14.1 Å². The Morgan fingerprint density at radius 2 is 1.19 bits per heavy atom. The van der Waals surface area contributed by atoms with Crippen molar-refractivity contribution >= 4 is 54.6 Å². The Morgan fingerprint density at radius 3 is 2.05 bits per heavy atom. The Hall–Kier alpha value is -5.94. The molecule has 3 aromatic heterocycles. The highest BCUT2D eigenvalue weighted by atomic mass is 16.3. The number of nitrogens with zero attached hydrogens (tertiary/aromatic N) is 3. The quantitative estimate of drug-likeness (QED) is 0.219. The van der Waals surface area contributed by atoms with Crippen LogP contribution in [0.2, 0.25) is 0 Å². The first kappa shape index (κ1) is 23.7. The molecule has 9 rings (SSSR count). The van der Waals surface area contributed by atoms with Crippen LogP contribution in [0, 0.1) is 0 Å². The lowest BCUT2D eigenvalue weighted by molar-refractivity contribution is 0.669. The molecule has 0 N–H and O–H groups in total. The Bertz CT molecular complexity index is 2590. The minimum atomic E-state index is -0.104. The molecule has 3 heterocycles. The van der Waals surface area contributed by atoms with E-state index in [1.165, 1.54) is 0 Å². The maximum Gasteiger partial charge on any atom is 0.266 e. The number of para-hydroxylation sites is 3. The maximum absolute atomic E-state index is 14.1. The van der Waals surface area contributed by atoms with E-state index in [1.807, 2.05) is 84.9 Å². The molecule has 0 bridgehead atoms. The van der Waals surface area contributed by atoms with Crippen LogP contribution in [0.15, 0.2) is 149 Å². The first-order valence-electron chi connectivity index (χ1n) is 14.3. The van der Waals surface area contributed by atoms with Crippen molar-refractivity contribution in [2.75, 3.05) is 0 Å². The summed E-state index contributed by atoms with van der Waals surface area (Å²) in [6, 6.07) is 46.5. The Morgan fingerprint density at radius 1 is 0.488 bits per heavy atom. The predicted octanol–water partition coefficient (Wildman–Crippen LogP) is 9.05. The summed E-state index contributed by atoms with van der Waals surface area (Å²) in [5, 5.41) is 5.09. The van der Waals surface area contributed by atoms with Crippen LogP contribution in [0.3, 0.4) is 0 Å². The smallest absolute Gasteiger partial charge is 0.266 e. The molecular formula is C38H23N3O2. The van der Waals surface area contributed by atoms with Crippen LogP contribution in [0.4, 0.5) is 0 Å². The van der Waals surface area contributed by atoms with Gasteiger partial charge in [-0.15, -0.1) is 0 Å². The average molecular weight is 554 g/mol. The standard InChI is InChI=1S/C38H23N3O2/c42-38-29-17-4-7-18-32(29)39-37(24-11-2-1-3-12-24)41(38)26-14-10-13-25(21-26)40-33-19-8-5-15-27(33)30-22-31-28-16-6-9-20-35(28)43-36(31)23-34(30)40/h1-23H. The summed E-state index contributed by atoms with van der Waals surface area (Å²) in [4.78, 5) is 19.1. The molecule has 0 fully saturated rings. The summed E-state index contributed by atoms with van der Waals surface area (Å²) in [5.74, 6) is 0.604. The SMILES string of the molecule is O=c1c2ccccc2nc(-c2ccccc2)n1-c1cccc(-n2c3ccccc3c3cc4c(cc32)oc2ccccc24)c1. The molecule has 0 amide bonds. The highest BCUT2D eigenvalue weighted by Gasteiger charge is 2.18. The van der Waals surface area contributed by atoms with Crippen LogP contribution in [0.1, 0.15) is 0 Å². The minimum Gasteiger partial charge on any atom is -0.456 e. The first-order chi connectivity index (χ1) is 21.2. The number of furan rings is 1. The van der Waals surface area contributed by atoms with E-state index >= 15 is 0 Å². The molecule has 0 atom stereocenters. The van der Waals surface area contributed by atoms with E-state index in [4.69, 9.17) is 9.40 Å². The van der Waals surface area contributed by atoms with Gasteiger partial charge in [0.25, 0.3) is 5.56 Å². The lowest BCUT2D eigenvalue weighted by atomic mass is 10.1. The minimum absolute atomic E-state index is 0.104. The average Bonchev–Trinajstić information content (AvgIpc) is 3.59. The van der Waals surface area contributed by atoms with Gasteiger partial charge in [-0.25, -0.2) is 4.98 Å². The molecular weight excluding hydrogens is 530 g/mol. The van der Waals surface area contributed by atoms with E-state index in [0.717, 1.165) is 60.7 Å². The van der Waals surface area contributed by atoms with Gasteiger partial charge in [-0.1, -0.05) is 84.9 Å². The monoisotopic (exact) mass is 553 g/mol. The fourth-order valence-electron chi connectivity index (χ4n) is 6.39. The summed E-state index contributed by atoms with van der Waals surface area (Å²) >= 11 is 0. The number of benzene rings is 6. The third-order valence-corrected chi connectivity index (χ3v) is 8.32. The van der Waals surface area contributed by atoms with E-state index in [2.05, 4.69) is 59.2 Å². The molecule has 0 aliphatic rings. The lowest BCUT2D eigenvalue weighted by Crippen LogP contribution is -2.22. The van der Waals surface area contributed by atoms with Crippen molar-refractivity contribution in [1.82, 2.24) is 14.1 Å². The molecule has 5 heteroatoms. The molecule has 0 saturated carbocycles. The van der Waals surface area contributed by atoms with Gasteiger partial charge in [0.2, 0.25) is 0 Å². The van der Waals surface area contributed by atoms with Crippen molar-refractivity contribution in [3.63, 3.8) is 0 Å².